The van der Waals surface area contributed by atoms with Gasteiger partial charge in [-0.15, -0.1) is 0 Å². The summed E-state index contributed by atoms with van der Waals surface area (Å²) >= 11 is 0. The van der Waals surface area contributed by atoms with Crippen molar-refractivity contribution in [1.29, 1.82) is 0 Å². The number of aliphatic hydroxyl groups excluding tert-OH is 2. The predicted octanol–water partition coefficient (Wildman–Crippen LogP) is 4.49. The van der Waals surface area contributed by atoms with E-state index in [1.165, 1.54) is 25.7 Å². The summed E-state index contributed by atoms with van der Waals surface area (Å²) in [6, 6.07) is -1.12. The van der Waals surface area contributed by atoms with Crippen molar-refractivity contribution >= 4 is 5.97 Å². The lowest BCUT2D eigenvalue weighted by Gasteiger charge is -2.16. The van der Waals surface area contributed by atoms with E-state index >= 15 is 0 Å². The van der Waals surface area contributed by atoms with Crippen LogP contribution in [0.15, 0.2) is 48.6 Å². The van der Waals surface area contributed by atoms with Gasteiger partial charge in [-0.05, 0) is 51.4 Å². The number of carbonyl (C=O) groups is 1. The minimum Gasteiger partial charge on any atom is -0.480 e. The molecule has 28 heavy (non-hydrogen) atoms. The van der Waals surface area contributed by atoms with Crippen LogP contribution in [0.5, 0.6) is 0 Å². The van der Waals surface area contributed by atoms with E-state index in [4.69, 9.17) is 10.2 Å². The molecule has 0 rings (SSSR count). The Bertz CT molecular complexity index is 483. The molecule has 0 saturated carbocycles. The highest BCUT2D eigenvalue weighted by Gasteiger charge is 2.18. The highest BCUT2D eigenvalue weighted by atomic mass is 16.4. The first-order chi connectivity index (χ1) is 13.6. The number of hydrogen-bond acceptors (Lipinski definition) is 4. The van der Waals surface area contributed by atoms with Crippen LogP contribution < -0.4 is 5.32 Å². The molecule has 0 aromatic carbocycles. The van der Waals surface area contributed by atoms with Crippen LogP contribution in [0.4, 0.5) is 0 Å². The molecule has 4 N–H and O–H groups in total. The largest absolute Gasteiger partial charge is 0.480 e. The van der Waals surface area contributed by atoms with Crippen LogP contribution in [-0.4, -0.2) is 40.2 Å². The fourth-order valence-corrected chi connectivity index (χ4v) is 2.51. The smallest absolute Gasteiger partial charge is 0.323 e. The Morgan fingerprint density at radius 3 is 1.82 bits per heavy atom. The van der Waals surface area contributed by atoms with Gasteiger partial charge >= 0.3 is 5.97 Å². The van der Waals surface area contributed by atoms with Crippen molar-refractivity contribution in [2.24, 2.45) is 0 Å². The lowest BCUT2D eigenvalue weighted by Crippen LogP contribution is -2.45. The van der Waals surface area contributed by atoms with Crippen LogP contribution in [0.2, 0.25) is 0 Å². The lowest BCUT2D eigenvalue weighted by atomic mass is 10.2. The second kappa shape index (κ2) is 20.1. The molecule has 0 aromatic heterocycles. The molecule has 0 radical (unpaired) electrons. The SMILES string of the molecule is CCCCC/C=C\C/C=C\C/C=C\C/C=C\CCCC(O)N[C@@H](CO)C(=O)O. The maximum Gasteiger partial charge on any atom is 0.323 e. The Kier molecular flexibility index (Phi) is 18.8. The van der Waals surface area contributed by atoms with Crippen molar-refractivity contribution < 1.29 is 20.1 Å². The molecule has 160 valence electrons. The van der Waals surface area contributed by atoms with E-state index in [2.05, 4.69) is 60.8 Å². The molecule has 0 fully saturated rings. The standard InChI is InChI=1S/C23H39NO4/c1-2-3-4-5-6-7-8-9-10-11-12-13-14-15-16-17-18-19-22(26)24-21(20-25)23(27)28/h6-7,9-10,12-13,15-16,21-22,24-26H,2-5,8,11,14,17-20H2,1H3,(H,27,28)/b7-6-,10-9-,13-12-,16-15-/t21-,22?/m0/s1. The molecule has 5 heteroatoms. The minimum atomic E-state index is -1.16. The highest BCUT2D eigenvalue weighted by molar-refractivity contribution is 5.73. The third-order valence-electron chi connectivity index (χ3n) is 4.18. The second-order valence-corrected chi connectivity index (χ2v) is 6.78. The number of nitrogens with one attached hydrogen (secondary N) is 1. The minimum absolute atomic E-state index is 0.446. The van der Waals surface area contributed by atoms with E-state index in [1.54, 1.807) is 0 Å². The molecule has 1 unspecified atom stereocenters. The first kappa shape index (κ1) is 26.3. The zero-order chi connectivity index (χ0) is 20.9. The monoisotopic (exact) mass is 393 g/mol. The van der Waals surface area contributed by atoms with Gasteiger partial charge < -0.3 is 15.3 Å². The van der Waals surface area contributed by atoms with Crippen molar-refractivity contribution in [2.75, 3.05) is 6.61 Å². The molecule has 0 aliphatic rings. The van der Waals surface area contributed by atoms with Crippen LogP contribution in [0.25, 0.3) is 0 Å². The summed E-state index contributed by atoms with van der Waals surface area (Å²) in [7, 11) is 0. The Balaban J connectivity index is 3.61. The summed E-state index contributed by atoms with van der Waals surface area (Å²) in [6.45, 7) is 1.68. The van der Waals surface area contributed by atoms with E-state index in [-0.39, 0.29) is 0 Å². The molecular formula is C23H39NO4. The van der Waals surface area contributed by atoms with Gasteiger partial charge in [-0.25, -0.2) is 0 Å². The molecule has 0 saturated heterocycles. The first-order valence-electron chi connectivity index (χ1n) is 10.5. The predicted molar refractivity (Wildman–Crippen MR) is 116 cm³/mol. The van der Waals surface area contributed by atoms with E-state index in [1.807, 2.05) is 0 Å². The van der Waals surface area contributed by atoms with Crippen molar-refractivity contribution in [3.63, 3.8) is 0 Å². The van der Waals surface area contributed by atoms with E-state index in [0.29, 0.717) is 6.42 Å². The molecule has 0 aliphatic carbocycles. The van der Waals surface area contributed by atoms with Gasteiger partial charge in [0.2, 0.25) is 0 Å². The average molecular weight is 394 g/mol. The topological polar surface area (TPSA) is 89.8 Å². The summed E-state index contributed by atoms with van der Waals surface area (Å²) < 4.78 is 0. The third kappa shape index (κ3) is 17.7. The van der Waals surface area contributed by atoms with Crippen molar-refractivity contribution in [3.8, 4) is 0 Å². The first-order valence-corrected chi connectivity index (χ1v) is 10.5. The van der Waals surface area contributed by atoms with Gasteiger partial charge in [0.15, 0.2) is 0 Å². The van der Waals surface area contributed by atoms with E-state index < -0.39 is 24.8 Å². The van der Waals surface area contributed by atoms with Crippen LogP contribution >= 0.6 is 0 Å². The molecule has 0 spiro atoms. The van der Waals surface area contributed by atoms with Gasteiger partial charge in [-0.1, -0.05) is 68.4 Å². The van der Waals surface area contributed by atoms with Gasteiger partial charge in [-0.3, -0.25) is 10.1 Å². The van der Waals surface area contributed by atoms with Crippen LogP contribution in [0.3, 0.4) is 0 Å². The number of carboxylic acids is 1. The Hall–Kier alpha value is -1.69. The second-order valence-electron chi connectivity index (χ2n) is 6.78. The normalized spacial score (nSPS) is 14.7. The van der Waals surface area contributed by atoms with Gasteiger partial charge in [-0.2, -0.15) is 0 Å². The van der Waals surface area contributed by atoms with Crippen molar-refractivity contribution in [3.05, 3.63) is 48.6 Å². The average Bonchev–Trinajstić information content (AvgIpc) is 2.68. The molecule has 0 aromatic rings. The van der Waals surface area contributed by atoms with Crippen LogP contribution in [-0.2, 0) is 4.79 Å². The molecule has 0 heterocycles. The summed E-state index contributed by atoms with van der Waals surface area (Å²) in [6.07, 6.45) is 26.3. The van der Waals surface area contributed by atoms with Gasteiger partial charge in [0, 0.05) is 0 Å². The molecule has 0 amide bonds. The number of aliphatic hydroxyl groups is 2. The molecule has 2 atom stereocenters. The van der Waals surface area contributed by atoms with Gasteiger partial charge in [0.05, 0.1) is 6.61 Å². The maximum absolute atomic E-state index is 10.7. The summed E-state index contributed by atoms with van der Waals surface area (Å²) in [5.41, 5.74) is 0. The quantitative estimate of drug-likeness (QED) is 0.157. The number of allylic oxidation sites excluding steroid dienone is 8. The molecule has 0 aliphatic heterocycles. The van der Waals surface area contributed by atoms with Gasteiger partial charge in [0.1, 0.15) is 12.3 Å². The Labute approximate surface area is 170 Å². The maximum atomic E-state index is 10.7. The Morgan fingerprint density at radius 1 is 0.857 bits per heavy atom. The van der Waals surface area contributed by atoms with Crippen molar-refractivity contribution in [2.45, 2.75) is 83.4 Å². The molecular weight excluding hydrogens is 354 g/mol. The lowest BCUT2D eigenvalue weighted by molar-refractivity contribution is -0.141. The van der Waals surface area contributed by atoms with Crippen LogP contribution in [0.1, 0.15) is 71.1 Å². The zero-order valence-electron chi connectivity index (χ0n) is 17.3. The highest BCUT2D eigenvalue weighted by Crippen LogP contribution is 2.03. The Morgan fingerprint density at radius 2 is 1.36 bits per heavy atom. The molecule has 0 bridgehead atoms. The summed E-state index contributed by atoms with van der Waals surface area (Å²) in [5.74, 6) is -1.16. The number of unbranched alkanes of at least 4 members (excludes halogenated alkanes) is 4. The van der Waals surface area contributed by atoms with E-state index in [0.717, 1.165) is 32.1 Å². The number of rotatable bonds is 18. The van der Waals surface area contributed by atoms with E-state index in [9.17, 15) is 9.90 Å². The summed E-state index contributed by atoms with van der Waals surface area (Å²) in [5, 5.41) is 29.8. The fraction of sp³-hybridized carbons (Fsp3) is 0.609. The summed E-state index contributed by atoms with van der Waals surface area (Å²) in [4.78, 5) is 10.7. The third-order valence-corrected chi connectivity index (χ3v) is 4.18. The number of aliphatic carboxylic acids is 1. The van der Waals surface area contributed by atoms with Crippen molar-refractivity contribution in [1.82, 2.24) is 5.32 Å². The van der Waals surface area contributed by atoms with Gasteiger partial charge in [0.25, 0.3) is 0 Å². The van der Waals surface area contributed by atoms with Crippen LogP contribution in [0, 0.1) is 0 Å². The zero-order valence-corrected chi connectivity index (χ0v) is 17.3. The number of carboxylic acid groups (broad SMARTS) is 1. The fourth-order valence-electron chi connectivity index (χ4n) is 2.51. The number of hydrogen-bond donors (Lipinski definition) is 4. The molecule has 5 nitrogen and oxygen atoms in total.